The summed E-state index contributed by atoms with van der Waals surface area (Å²) >= 11 is 0. The summed E-state index contributed by atoms with van der Waals surface area (Å²) in [6.45, 7) is 0.0933. The molecule has 0 bridgehead atoms. The van der Waals surface area contributed by atoms with Gasteiger partial charge in [-0.3, -0.25) is 0 Å². The van der Waals surface area contributed by atoms with E-state index in [1.165, 1.54) is 7.11 Å². The first-order valence-electron chi connectivity index (χ1n) is 9.24. The first-order valence-corrected chi connectivity index (χ1v) is 9.24. The number of fused-ring (bicyclic) bond motifs is 1. The minimum atomic E-state index is -0.841. The molecule has 3 aromatic carbocycles. The summed E-state index contributed by atoms with van der Waals surface area (Å²) in [4.78, 5) is 12.5. The van der Waals surface area contributed by atoms with Gasteiger partial charge in [-0.05, 0) is 35.4 Å². The minimum absolute atomic E-state index is 0.0933. The van der Waals surface area contributed by atoms with Crippen molar-refractivity contribution in [3.63, 3.8) is 0 Å². The van der Waals surface area contributed by atoms with Crippen LogP contribution in [0.3, 0.4) is 0 Å². The van der Waals surface area contributed by atoms with E-state index in [0.717, 1.165) is 11.1 Å². The Bertz CT molecular complexity index is 1030. The lowest BCUT2D eigenvalue weighted by molar-refractivity contribution is -0.144. The van der Waals surface area contributed by atoms with Crippen molar-refractivity contribution in [2.24, 2.45) is 0 Å². The van der Waals surface area contributed by atoms with Crippen molar-refractivity contribution >= 4 is 18.1 Å². The average molecular weight is 388 g/mol. The molecule has 5 nitrogen and oxygen atoms in total. The van der Waals surface area contributed by atoms with Crippen LogP contribution in [0.1, 0.15) is 11.1 Å². The highest BCUT2D eigenvalue weighted by Crippen LogP contribution is 2.33. The highest BCUT2D eigenvalue weighted by Gasteiger charge is 2.29. The molecule has 0 radical (unpaired) electrons. The summed E-state index contributed by atoms with van der Waals surface area (Å²) in [6, 6.07) is 22.6. The van der Waals surface area contributed by atoms with E-state index in [4.69, 9.17) is 18.9 Å². The molecule has 1 atom stereocenters. The van der Waals surface area contributed by atoms with E-state index < -0.39 is 12.1 Å². The molecule has 0 aliphatic carbocycles. The zero-order valence-corrected chi connectivity index (χ0v) is 15.9. The molecule has 1 aliphatic rings. The first kappa shape index (κ1) is 18.6. The molecule has 0 aromatic heterocycles. The smallest absolute Gasteiger partial charge is 0.356 e. The van der Waals surface area contributed by atoms with E-state index in [1.807, 2.05) is 66.7 Å². The second kappa shape index (κ2) is 8.52. The molecule has 1 aliphatic heterocycles. The molecule has 1 heterocycles. The monoisotopic (exact) mass is 388 g/mol. The van der Waals surface area contributed by atoms with E-state index in [9.17, 15) is 4.79 Å². The summed E-state index contributed by atoms with van der Waals surface area (Å²) in [7, 11) is 1.54. The quantitative estimate of drug-likeness (QED) is 0.363. The van der Waals surface area contributed by atoms with Gasteiger partial charge >= 0.3 is 5.97 Å². The van der Waals surface area contributed by atoms with Gasteiger partial charge in [0, 0.05) is 0 Å². The maximum absolute atomic E-state index is 12.5. The summed E-state index contributed by atoms with van der Waals surface area (Å²) in [5.74, 6) is 1.39. The molecule has 146 valence electrons. The van der Waals surface area contributed by atoms with E-state index in [2.05, 4.69) is 0 Å². The Hall–Kier alpha value is -3.73. The molecule has 0 spiro atoms. The molecule has 0 N–H and O–H groups in total. The highest BCUT2D eigenvalue weighted by molar-refractivity contribution is 5.79. The highest BCUT2D eigenvalue weighted by atomic mass is 16.6. The Balaban J connectivity index is 1.46. The van der Waals surface area contributed by atoms with Crippen molar-refractivity contribution in [3.8, 4) is 23.0 Å². The van der Waals surface area contributed by atoms with Gasteiger partial charge < -0.3 is 18.9 Å². The molecule has 1 unspecified atom stereocenters. The van der Waals surface area contributed by atoms with Gasteiger partial charge in [0.05, 0.1) is 7.11 Å². The fourth-order valence-corrected chi connectivity index (χ4v) is 2.94. The average Bonchev–Trinajstić information content (AvgIpc) is 2.78. The Labute approximate surface area is 169 Å². The molecule has 3 aromatic rings. The van der Waals surface area contributed by atoms with E-state index >= 15 is 0 Å². The fourth-order valence-electron chi connectivity index (χ4n) is 2.94. The van der Waals surface area contributed by atoms with Crippen LogP contribution in [0, 0.1) is 0 Å². The molecule has 0 saturated carbocycles. The van der Waals surface area contributed by atoms with Gasteiger partial charge in [0.25, 0.3) is 0 Å². The molecule has 5 heteroatoms. The van der Waals surface area contributed by atoms with Crippen LogP contribution in [0.5, 0.6) is 23.0 Å². The number of hydrogen-bond donors (Lipinski definition) is 0. The first-order chi connectivity index (χ1) is 14.2. The predicted octanol–water partition coefficient (Wildman–Crippen LogP) is 4.61. The maximum Gasteiger partial charge on any atom is 0.356 e. The van der Waals surface area contributed by atoms with Crippen LogP contribution >= 0.6 is 0 Å². The summed E-state index contributed by atoms with van der Waals surface area (Å²) in [6.07, 6.45) is 3.14. The lowest BCUT2D eigenvalue weighted by atomic mass is 10.1. The molecule has 0 fully saturated rings. The number of methoxy groups -OCH3 is 1. The normalized spacial score (nSPS) is 15.1. The number of hydrogen-bond acceptors (Lipinski definition) is 5. The zero-order chi connectivity index (χ0) is 20.1. The molecule has 0 saturated heterocycles. The Morgan fingerprint density at radius 1 is 0.897 bits per heavy atom. The minimum Gasteiger partial charge on any atom is -0.493 e. The third kappa shape index (κ3) is 4.41. The van der Waals surface area contributed by atoms with E-state index in [0.29, 0.717) is 23.0 Å². The van der Waals surface area contributed by atoms with Gasteiger partial charge in [0.1, 0.15) is 6.61 Å². The topological polar surface area (TPSA) is 54.0 Å². The van der Waals surface area contributed by atoms with Crippen molar-refractivity contribution in [1.29, 1.82) is 0 Å². The molecule has 0 amide bonds. The second-order valence-corrected chi connectivity index (χ2v) is 6.44. The van der Waals surface area contributed by atoms with Crippen LogP contribution in [0.4, 0.5) is 0 Å². The Kier molecular flexibility index (Phi) is 5.47. The van der Waals surface area contributed by atoms with Gasteiger partial charge in [-0.1, -0.05) is 60.7 Å². The van der Waals surface area contributed by atoms with Crippen molar-refractivity contribution in [2.75, 3.05) is 13.7 Å². The Morgan fingerprint density at radius 3 is 2.41 bits per heavy atom. The number of esters is 1. The maximum atomic E-state index is 12.5. The van der Waals surface area contributed by atoms with Gasteiger partial charge in [0.15, 0.2) is 23.0 Å². The number of rotatable bonds is 5. The van der Waals surface area contributed by atoms with Gasteiger partial charge in [-0.25, -0.2) is 4.79 Å². The summed E-state index contributed by atoms with van der Waals surface area (Å²) in [5, 5.41) is 0. The van der Waals surface area contributed by atoms with Crippen LogP contribution in [0.25, 0.3) is 12.2 Å². The lowest BCUT2D eigenvalue weighted by Crippen LogP contribution is -2.39. The molecule has 29 heavy (non-hydrogen) atoms. The van der Waals surface area contributed by atoms with Gasteiger partial charge in [-0.2, -0.15) is 0 Å². The SMILES string of the molecule is COc1cc(C=Cc2ccccc2)ccc1OC(=O)C1COc2ccccc2O1. The molecular formula is C24H20O5. The number of ether oxygens (including phenoxy) is 4. The fraction of sp³-hybridized carbons (Fsp3) is 0.125. The van der Waals surface area contributed by atoms with Crippen molar-refractivity contribution in [3.05, 3.63) is 83.9 Å². The third-order valence-electron chi connectivity index (χ3n) is 4.44. The van der Waals surface area contributed by atoms with E-state index in [-0.39, 0.29) is 6.61 Å². The van der Waals surface area contributed by atoms with Crippen LogP contribution < -0.4 is 18.9 Å². The van der Waals surface area contributed by atoms with Crippen LogP contribution in [0.15, 0.2) is 72.8 Å². The standard InChI is InChI=1S/C24H20O5/c1-26-22-15-18(12-11-17-7-3-2-4-8-17)13-14-21(22)29-24(25)23-16-27-19-9-5-6-10-20(19)28-23/h2-15,23H,16H2,1H3. The number of para-hydroxylation sites is 2. The number of carbonyl (C=O) groups excluding carboxylic acids is 1. The van der Waals surface area contributed by atoms with Crippen LogP contribution in [-0.4, -0.2) is 25.8 Å². The van der Waals surface area contributed by atoms with Crippen molar-refractivity contribution < 1.29 is 23.7 Å². The van der Waals surface area contributed by atoms with Crippen LogP contribution in [-0.2, 0) is 4.79 Å². The summed E-state index contributed by atoms with van der Waals surface area (Å²) in [5.41, 5.74) is 2.02. The zero-order valence-electron chi connectivity index (χ0n) is 15.9. The number of benzene rings is 3. The molecular weight excluding hydrogens is 368 g/mol. The largest absolute Gasteiger partial charge is 0.493 e. The Morgan fingerprint density at radius 2 is 1.62 bits per heavy atom. The van der Waals surface area contributed by atoms with Crippen molar-refractivity contribution in [1.82, 2.24) is 0 Å². The van der Waals surface area contributed by atoms with Gasteiger partial charge in [-0.15, -0.1) is 0 Å². The second-order valence-electron chi connectivity index (χ2n) is 6.44. The lowest BCUT2D eigenvalue weighted by Gasteiger charge is -2.25. The number of carbonyl (C=O) groups is 1. The third-order valence-corrected chi connectivity index (χ3v) is 4.44. The summed E-state index contributed by atoms with van der Waals surface area (Å²) < 4.78 is 22.2. The molecule has 4 rings (SSSR count). The van der Waals surface area contributed by atoms with E-state index in [1.54, 1.807) is 18.2 Å². The van der Waals surface area contributed by atoms with Crippen LogP contribution in [0.2, 0.25) is 0 Å². The van der Waals surface area contributed by atoms with Crippen molar-refractivity contribution in [2.45, 2.75) is 6.10 Å². The van der Waals surface area contributed by atoms with Gasteiger partial charge in [0.2, 0.25) is 6.10 Å². The predicted molar refractivity (Wildman–Crippen MR) is 110 cm³/mol.